The molecular formula is C8H11N5S. The third-order valence-electron chi connectivity index (χ3n) is 1.82. The molecule has 2 heterocycles. The first kappa shape index (κ1) is 9.14. The van der Waals surface area contributed by atoms with Gasteiger partial charge in [0.25, 0.3) is 0 Å². The molecule has 2 aromatic heterocycles. The molecule has 0 saturated heterocycles. The van der Waals surface area contributed by atoms with Gasteiger partial charge in [-0.25, -0.2) is 0 Å². The largest absolute Gasteiger partial charge is 0.363 e. The first-order valence-electron chi connectivity index (χ1n) is 4.41. The molecule has 2 aromatic rings. The molecule has 0 atom stereocenters. The van der Waals surface area contributed by atoms with Crippen molar-refractivity contribution in [3.05, 3.63) is 23.3 Å². The molecule has 0 aliphatic heterocycles. The fourth-order valence-corrected chi connectivity index (χ4v) is 1.53. The Labute approximate surface area is 85.9 Å². The quantitative estimate of drug-likeness (QED) is 0.826. The molecule has 0 unspecified atom stereocenters. The molecule has 0 aliphatic rings. The minimum absolute atomic E-state index is 0.678. The Morgan fingerprint density at radius 2 is 2.50 bits per heavy atom. The van der Waals surface area contributed by atoms with E-state index in [2.05, 4.69) is 26.9 Å². The summed E-state index contributed by atoms with van der Waals surface area (Å²) in [6.45, 7) is 3.62. The van der Waals surface area contributed by atoms with Crippen LogP contribution in [0.15, 0.2) is 17.6 Å². The maximum Gasteiger partial charge on any atom is 0.148 e. The number of hydrogen-bond acceptors (Lipinski definition) is 5. The molecule has 0 bridgehead atoms. The van der Waals surface area contributed by atoms with Crippen molar-refractivity contribution in [3.63, 3.8) is 0 Å². The van der Waals surface area contributed by atoms with Crippen molar-refractivity contribution in [1.29, 1.82) is 0 Å². The zero-order valence-electron chi connectivity index (χ0n) is 7.84. The molecule has 14 heavy (non-hydrogen) atoms. The van der Waals surface area contributed by atoms with Gasteiger partial charge in [-0.15, -0.1) is 5.10 Å². The van der Waals surface area contributed by atoms with Gasteiger partial charge in [0.1, 0.15) is 5.82 Å². The van der Waals surface area contributed by atoms with Crippen LogP contribution in [0.2, 0.25) is 0 Å². The number of aryl methyl sites for hydroxylation is 1. The highest BCUT2D eigenvalue weighted by atomic mass is 32.1. The van der Waals surface area contributed by atoms with Crippen LogP contribution >= 0.6 is 11.5 Å². The van der Waals surface area contributed by atoms with Crippen molar-refractivity contribution >= 4 is 17.4 Å². The van der Waals surface area contributed by atoms with E-state index in [9.17, 15) is 0 Å². The summed E-state index contributed by atoms with van der Waals surface area (Å²) < 4.78 is 5.66. The Morgan fingerprint density at radius 1 is 1.57 bits per heavy atom. The summed E-state index contributed by atoms with van der Waals surface area (Å²) in [6, 6.07) is 1.95. The van der Waals surface area contributed by atoms with Gasteiger partial charge in [-0.05, 0) is 18.5 Å². The van der Waals surface area contributed by atoms with E-state index in [1.807, 2.05) is 22.3 Å². The Hall–Kier alpha value is -1.43. The fourth-order valence-electron chi connectivity index (χ4n) is 1.07. The maximum atomic E-state index is 4.29. The van der Waals surface area contributed by atoms with Gasteiger partial charge in [0, 0.05) is 24.2 Å². The van der Waals surface area contributed by atoms with Crippen molar-refractivity contribution < 1.29 is 0 Å². The highest BCUT2D eigenvalue weighted by Crippen LogP contribution is 2.05. The SMILES string of the molecule is CCn1ccc(NCc2csnn2)n1. The monoisotopic (exact) mass is 209 g/mol. The Bertz CT molecular complexity index is 380. The molecule has 0 spiro atoms. The lowest BCUT2D eigenvalue weighted by Gasteiger charge is -1.98. The first-order chi connectivity index (χ1) is 6.88. The Balaban J connectivity index is 1.92. The van der Waals surface area contributed by atoms with Gasteiger partial charge in [0.15, 0.2) is 0 Å². The van der Waals surface area contributed by atoms with Crippen LogP contribution in [0.5, 0.6) is 0 Å². The molecule has 0 amide bonds. The summed E-state index contributed by atoms with van der Waals surface area (Å²) in [6.07, 6.45) is 1.95. The van der Waals surface area contributed by atoms with Gasteiger partial charge in [0.2, 0.25) is 0 Å². The van der Waals surface area contributed by atoms with E-state index in [-0.39, 0.29) is 0 Å². The molecule has 6 heteroatoms. The number of nitrogens with zero attached hydrogens (tertiary/aromatic N) is 4. The van der Waals surface area contributed by atoms with E-state index in [1.54, 1.807) is 0 Å². The summed E-state index contributed by atoms with van der Waals surface area (Å²) in [7, 11) is 0. The molecule has 0 radical (unpaired) electrons. The normalized spacial score (nSPS) is 10.4. The zero-order chi connectivity index (χ0) is 9.80. The van der Waals surface area contributed by atoms with Crippen LogP contribution in [-0.4, -0.2) is 19.4 Å². The van der Waals surface area contributed by atoms with Crippen LogP contribution in [-0.2, 0) is 13.1 Å². The number of rotatable bonds is 4. The summed E-state index contributed by atoms with van der Waals surface area (Å²) in [5.41, 5.74) is 0.945. The second kappa shape index (κ2) is 4.19. The summed E-state index contributed by atoms with van der Waals surface area (Å²) in [5, 5.41) is 13.3. The average molecular weight is 209 g/mol. The predicted octanol–water partition coefficient (Wildman–Crippen LogP) is 1.37. The lowest BCUT2D eigenvalue weighted by molar-refractivity contribution is 0.661. The Kier molecular flexibility index (Phi) is 2.73. The number of hydrogen-bond donors (Lipinski definition) is 1. The van der Waals surface area contributed by atoms with Gasteiger partial charge >= 0.3 is 0 Å². The highest BCUT2D eigenvalue weighted by molar-refractivity contribution is 7.03. The van der Waals surface area contributed by atoms with E-state index in [1.165, 1.54) is 11.5 Å². The van der Waals surface area contributed by atoms with Gasteiger partial charge in [0.05, 0.1) is 12.2 Å². The second-order valence-corrected chi connectivity index (χ2v) is 3.42. The van der Waals surface area contributed by atoms with Crippen molar-refractivity contribution in [2.75, 3.05) is 5.32 Å². The van der Waals surface area contributed by atoms with E-state index in [0.29, 0.717) is 6.54 Å². The van der Waals surface area contributed by atoms with Crippen molar-refractivity contribution in [1.82, 2.24) is 19.4 Å². The van der Waals surface area contributed by atoms with E-state index in [4.69, 9.17) is 0 Å². The second-order valence-electron chi connectivity index (χ2n) is 2.81. The first-order valence-corrected chi connectivity index (χ1v) is 5.25. The number of anilines is 1. The minimum atomic E-state index is 0.678. The van der Waals surface area contributed by atoms with Crippen molar-refractivity contribution in [2.24, 2.45) is 0 Å². The zero-order valence-corrected chi connectivity index (χ0v) is 8.66. The highest BCUT2D eigenvalue weighted by Gasteiger charge is 1.98. The molecule has 0 fully saturated rings. The standard InChI is InChI=1S/C8H11N5S/c1-2-13-4-3-8(11-13)9-5-7-6-14-12-10-7/h3-4,6H,2,5H2,1H3,(H,9,11). The Morgan fingerprint density at radius 3 is 3.14 bits per heavy atom. The average Bonchev–Trinajstić information content (AvgIpc) is 2.86. The van der Waals surface area contributed by atoms with Gasteiger partial charge in [-0.2, -0.15) is 5.10 Å². The molecule has 74 valence electrons. The van der Waals surface area contributed by atoms with E-state index >= 15 is 0 Å². The van der Waals surface area contributed by atoms with Crippen LogP contribution in [0.4, 0.5) is 5.82 Å². The molecule has 0 aliphatic carbocycles. The topological polar surface area (TPSA) is 55.6 Å². The van der Waals surface area contributed by atoms with Crippen LogP contribution in [0, 0.1) is 0 Å². The smallest absolute Gasteiger partial charge is 0.148 e. The molecule has 1 N–H and O–H groups in total. The van der Waals surface area contributed by atoms with Crippen LogP contribution in [0.25, 0.3) is 0 Å². The van der Waals surface area contributed by atoms with Crippen LogP contribution < -0.4 is 5.32 Å². The lowest BCUT2D eigenvalue weighted by atomic mass is 10.5. The third-order valence-corrected chi connectivity index (χ3v) is 2.37. The number of aromatic nitrogens is 4. The minimum Gasteiger partial charge on any atom is -0.363 e. The maximum absolute atomic E-state index is 4.29. The lowest BCUT2D eigenvalue weighted by Crippen LogP contribution is -2.02. The molecular weight excluding hydrogens is 198 g/mol. The van der Waals surface area contributed by atoms with E-state index < -0.39 is 0 Å². The number of nitrogens with one attached hydrogen (secondary N) is 1. The molecule has 5 nitrogen and oxygen atoms in total. The van der Waals surface area contributed by atoms with Crippen molar-refractivity contribution in [3.8, 4) is 0 Å². The van der Waals surface area contributed by atoms with E-state index in [0.717, 1.165) is 18.1 Å². The van der Waals surface area contributed by atoms with Gasteiger partial charge in [-0.3, -0.25) is 4.68 Å². The van der Waals surface area contributed by atoms with Crippen LogP contribution in [0.1, 0.15) is 12.6 Å². The third kappa shape index (κ3) is 2.08. The summed E-state index contributed by atoms with van der Waals surface area (Å²) in [5.74, 6) is 0.875. The van der Waals surface area contributed by atoms with Crippen molar-refractivity contribution in [2.45, 2.75) is 20.0 Å². The van der Waals surface area contributed by atoms with Gasteiger partial charge < -0.3 is 5.32 Å². The molecule has 0 saturated carbocycles. The summed E-state index contributed by atoms with van der Waals surface area (Å²) >= 11 is 1.36. The molecule has 0 aromatic carbocycles. The summed E-state index contributed by atoms with van der Waals surface area (Å²) in [4.78, 5) is 0. The predicted molar refractivity (Wildman–Crippen MR) is 55.1 cm³/mol. The molecule has 2 rings (SSSR count). The van der Waals surface area contributed by atoms with Gasteiger partial charge in [-0.1, -0.05) is 4.49 Å². The fraction of sp³-hybridized carbons (Fsp3) is 0.375. The van der Waals surface area contributed by atoms with Crippen LogP contribution in [0.3, 0.4) is 0 Å².